The Hall–Kier alpha value is -0.920. The van der Waals surface area contributed by atoms with Crippen molar-refractivity contribution in [1.29, 1.82) is 0 Å². The SMILES string of the molecule is Cc1ncncc1C1(C(C)C)CC1. The summed E-state index contributed by atoms with van der Waals surface area (Å²) in [5.74, 6) is 0.706. The molecule has 70 valence electrons. The van der Waals surface area contributed by atoms with Crippen molar-refractivity contribution in [3.05, 3.63) is 23.8 Å². The van der Waals surface area contributed by atoms with Crippen molar-refractivity contribution in [2.45, 2.75) is 39.0 Å². The normalized spacial score (nSPS) is 19.1. The molecule has 1 saturated carbocycles. The van der Waals surface area contributed by atoms with Gasteiger partial charge in [0.2, 0.25) is 0 Å². The molecule has 1 heterocycles. The van der Waals surface area contributed by atoms with Crippen LogP contribution in [0.1, 0.15) is 37.9 Å². The van der Waals surface area contributed by atoms with E-state index < -0.39 is 0 Å². The van der Waals surface area contributed by atoms with Gasteiger partial charge in [-0.3, -0.25) is 0 Å². The molecule has 1 aliphatic carbocycles. The minimum Gasteiger partial charge on any atom is -0.244 e. The number of nitrogens with zero attached hydrogens (tertiary/aromatic N) is 2. The third kappa shape index (κ3) is 1.25. The number of hydrogen-bond donors (Lipinski definition) is 0. The molecule has 0 amide bonds. The van der Waals surface area contributed by atoms with Crippen LogP contribution in [0.4, 0.5) is 0 Å². The number of aryl methyl sites for hydroxylation is 1. The van der Waals surface area contributed by atoms with Crippen molar-refractivity contribution in [2.24, 2.45) is 5.92 Å². The van der Waals surface area contributed by atoms with Gasteiger partial charge in [0, 0.05) is 17.3 Å². The van der Waals surface area contributed by atoms with Crippen LogP contribution in [0.15, 0.2) is 12.5 Å². The Labute approximate surface area is 79.4 Å². The topological polar surface area (TPSA) is 25.8 Å². The molecular weight excluding hydrogens is 160 g/mol. The van der Waals surface area contributed by atoms with E-state index in [1.54, 1.807) is 6.33 Å². The van der Waals surface area contributed by atoms with Gasteiger partial charge in [-0.25, -0.2) is 9.97 Å². The lowest BCUT2D eigenvalue weighted by molar-refractivity contribution is 0.475. The van der Waals surface area contributed by atoms with Gasteiger partial charge >= 0.3 is 0 Å². The average Bonchev–Trinajstić information content (AvgIpc) is 2.85. The highest BCUT2D eigenvalue weighted by atomic mass is 14.8. The van der Waals surface area contributed by atoms with Crippen LogP contribution in [0.5, 0.6) is 0 Å². The van der Waals surface area contributed by atoms with Crippen molar-refractivity contribution < 1.29 is 0 Å². The standard InChI is InChI=1S/C11H16N2/c1-8(2)11(4-5-11)10-6-12-7-13-9(10)3/h6-8H,4-5H2,1-3H3. The highest BCUT2D eigenvalue weighted by molar-refractivity contribution is 5.32. The van der Waals surface area contributed by atoms with E-state index in [-0.39, 0.29) is 0 Å². The Bertz CT molecular complexity index is 314. The third-order valence-electron chi connectivity index (χ3n) is 3.34. The molecule has 0 saturated heterocycles. The van der Waals surface area contributed by atoms with Crippen LogP contribution >= 0.6 is 0 Å². The molecule has 1 aromatic rings. The number of rotatable bonds is 2. The smallest absolute Gasteiger partial charge is 0.115 e. The monoisotopic (exact) mass is 176 g/mol. The summed E-state index contributed by atoms with van der Waals surface area (Å²) in [6, 6.07) is 0. The lowest BCUT2D eigenvalue weighted by atomic mass is 9.85. The summed E-state index contributed by atoms with van der Waals surface area (Å²) < 4.78 is 0. The molecule has 1 aromatic heterocycles. The molecule has 0 spiro atoms. The van der Waals surface area contributed by atoms with E-state index in [0.29, 0.717) is 11.3 Å². The Morgan fingerprint density at radius 3 is 2.54 bits per heavy atom. The van der Waals surface area contributed by atoms with E-state index in [0.717, 1.165) is 5.69 Å². The molecule has 1 fully saturated rings. The molecule has 2 heteroatoms. The van der Waals surface area contributed by atoms with E-state index in [2.05, 4.69) is 30.7 Å². The minimum absolute atomic E-state index is 0.408. The first-order valence-electron chi connectivity index (χ1n) is 4.94. The summed E-state index contributed by atoms with van der Waals surface area (Å²) >= 11 is 0. The van der Waals surface area contributed by atoms with Crippen LogP contribution in [-0.4, -0.2) is 9.97 Å². The van der Waals surface area contributed by atoms with Crippen LogP contribution in [0.2, 0.25) is 0 Å². The summed E-state index contributed by atoms with van der Waals surface area (Å²) in [6.07, 6.45) is 6.24. The van der Waals surface area contributed by atoms with Crippen LogP contribution < -0.4 is 0 Å². The number of aromatic nitrogens is 2. The Kier molecular flexibility index (Phi) is 1.86. The maximum atomic E-state index is 4.26. The van der Waals surface area contributed by atoms with Crippen molar-refractivity contribution in [3.8, 4) is 0 Å². The summed E-state index contributed by atoms with van der Waals surface area (Å²) in [6.45, 7) is 6.67. The second-order valence-electron chi connectivity index (χ2n) is 4.33. The van der Waals surface area contributed by atoms with Gasteiger partial charge in [-0.1, -0.05) is 13.8 Å². The summed E-state index contributed by atoms with van der Waals surface area (Å²) in [5.41, 5.74) is 2.93. The van der Waals surface area contributed by atoms with E-state index in [1.807, 2.05) is 6.20 Å². The van der Waals surface area contributed by atoms with Crippen LogP contribution in [0.25, 0.3) is 0 Å². The lowest BCUT2D eigenvalue weighted by Gasteiger charge is -2.20. The van der Waals surface area contributed by atoms with Gasteiger partial charge in [-0.05, 0) is 31.2 Å². The van der Waals surface area contributed by atoms with Gasteiger partial charge in [0.25, 0.3) is 0 Å². The number of hydrogen-bond acceptors (Lipinski definition) is 2. The molecule has 1 aliphatic rings. The van der Waals surface area contributed by atoms with Gasteiger partial charge in [0.05, 0.1) is 0 Å². The Morgan fingerprint density at radius 1 is 1.38 bits per heavy atom. The van der Waals surface area contributed by atoms with E-state index in [1.165, 1.54) is 18.4 Å². The predicted molar refractivity (Wildman–Crippen MR) is 52.5 cm³/mol. The Morgan fingerprint density at radius 2 is 2.08 bits per heavy atom. The predicted octanol–water partition coefficient (Wildman–Crippen LogP) is 2.47. The fourth-order valence-corrected chi connectivity index (χ4v) is 2.17. The van der Waals surface area contributed by atoms with Crippen molar-refractivity contribution in [2.75, 3.05) is 0 Å². The molecule has 2 nitrogen and oxygen atoms in total. The lowest BCUT2D eigenvalue weighted by Crippen LogP contribution is -2.17. The summed E-state index contributed by atoms with van der Waals surface area (Å²) in [4.78, 5) is 8.38. The van der Waals surface area contributed by atoms with Crippen LogP contribution in [0.3, 0.4) is 0 Å². The zero-order valence-corrected chi connectivity index (χ0v) is 8.54. The quantitative estimate of drug-likeness (QED) is 0.691. The van der Waals surface area contributed by atoms with E-state index >= 15 is 0 Å². The van der Waals surface area contributed by atoms with E-state index in [9.17, 15) is 0 Å². The largest absolute Gasteiger partial charge is 0.244 e. The molecule has 13 heavy (non-hydrogen) atoms. The third-order valence-corrected chi connectivity index (χ3v) is 3.34. The summed E-state index contributed by atoms with van der Waals surface area (Å²) in [5, 5.41) is 0. The minimum atomic E-state index is 0.408. The highest BCUT2D eigenvalue weighted by Gasteiger charge is 2.47. The van der Waals surface area contributed by atoms with Crippen LogP contribution in [0, 0.1) is 12.8 Å². The molecule has 2 rings (SSSR count). The molecule has 0 radical (unpaired) electrons. The van der Waals surface area contributed by atoms with E-state index in [4.69, 9.17) is 0 Å². The van der Waals surface area contributed by atoms with Crippen molar-refractivity contribution in [3.63, 3.8) is 0 Å². The first-order valence-corrected chi connectivity index (χ1v) is 4.94. The maximum absolute atomic E-state index is 4.26. The molecule has 0 atom stereocenters. The highest BCUT2D eigenvalue weighted by Crippen LogP contribution is 2.54. The van der Waals surface area contributed by atoms with Gasteiger partial charge in [-0.15, -0.1) is 0 Å². The van der Waals surface area contributed by atoms with Crippen LogP contribution in [-0.2, 0) is 5.41 Å². The van der Waals surface area contributed by atoms with Gasteiger partial charge in [0.1, 0.15) is 6.33 Å². The van der Waals surface area contributed by atoms with Gasteiger partial charge in [-0.2, -0.15) is 0 Å². The van der Waals surface area contributed by atoms with Gasteiger partial charge in [0.15, 0.2) is 0 Å². The van der Waals surface area contributed by atoms with Gasteiger partial charge < -0.3 is 0 Å². The molecular formula is C11H16N2. The molecule has 0 bridgehead atoms. The zero-order chi connectivity index (χ0) is 9.47. The molecule has 0 unspecified atom stereocenters. The Balaban J connectivity index is 2.41. The summed E-state index contributed by atoms with van der Waals surface area (Å²) in [7, 11) is 0. The maximum Gasteiger partial charge on any atom is 0.115 e. The fraction of sp³-hybridized carbons (Fsp3) is 0.636. The van der Waals surface area contributed by atoms with Crippen molar-refractivity contribution >= 4 is 0 Å². The second kappa shape index (κ2) is 2.79. The first kappa shape index (κ1) is 8.67. The molecule has 0 N–H and O–H groups in total. The fourth-order valence-electron chi connectivity index (χ4n) is 2.17. The second-order valence-corrected chi connectivity index (χ2v) is 4.33. The van der Waals surface area contributed by atoms with Crippen molar-refractivity contribution in [1.82, 2.24) is 9.97 Å². The first-order chi connectivity index (χ1) is 6.17. The zero-order valence-electron chi connectivity index (χ0n) is 8.54. The average molecular weight is 176 g/mol. The molecule has 0 aliphatic heterocycles. The molecule has 0 aromatic carbocycles.